The first-order valence-corrected chi connectivity index (χ1v) is 19.1. The second kappa shape index (κ2) is 12.4. The molecule has 0 aliphatic heterocycles. The van der Waals surface area contributed by atoms with Crippen molar-refractivity contribution in [1.82, 2.24) is 14.5 Å². The molecule has 3 heterocycles. The first-order valence-electron chi connectivity index (χ1n) is 18.2. The van der Waals surface area contributed by atoms with E-state index in [1.165, 1.54) is 63.9 Å². The molecule has 0 saturated carbocycles. The van der Waals surface area contributed by atoms with E-state index in [9.17, 15) is 0 Å². The lowest BCUT2D eigenvalue weighted by molar-refractivity contribution is 1.17. The molecule has 4 heteroatoms. The predicted molar refractivity (Wildman–Crippen MR) is 229 cm³/mol. The Balaban J connectivity index is 1.14. The van der Waals surface area contributed by atoms with Crippen LogP contribution in [0.25, 0.3) is 103 Å². The van der Waals surface area contributed by atoms with Gasteiger partial charge in [0.2, 0.25) is 0 Å². The highest BCUT2D eigenvalue weighted by atomic mass is 32.1. The van der Waals surface area contributed by atoms with Crippen LogP contribution in [-0.2, 0) is 0 Å². The number of para-hydroxylation sites is 1. The number of rotatable bonds is 5. The van der Waals surface area contributed by atoms with Crippen molar-refractivity contribution >= 4 is 64.1 Å². The Labute approximate surface area is 316 Å². The third kappa shape index (κ3) is 4.88. The first-order chi connectivity index (χ1) is 26.8. The van der Waals surface area contributed by atoms with E-state index < -0.39 is 0 Å². The van der Waals surface area contributed by atoms with Gasteiger partial charge in [0.25, 0.3) is 0 Å². The highest BCUT2D eigenvalue weighted by Crippen LogP contribution is 2.48. The quantitative estimate of drug-likeness (QED) is 0.178. The van der Waals surface area contributed by atoms with Gasteiger partial charge in [0.05, 0.1) is 27.1 Å². The van der Waals surface area contributed by atoms with E-state index in [0.29, 0.717) is 5.82 Å². The maximum absolute atomic E-state index is 5.10. The summed E-state index contributed by atoms with van der Waals surface area (Å²) in [5.74, 6) is 0.705. The molecular weight excluding hydrogens is 675 g/mol. The highest BCUT2D eigenvalue weighted by Gasteiger charge is 2.22. The van der Waals surface area contributed by atoms with Gasteiger partial charge in [-0.25, -0.2) is 9.97 Å². The van der Waals surface area contributed by atoms with E-state index in [-0.39, 0.29) is 0 Å². The lowest BCUT2D eigenvalue weighted by atomic mass is 9.97. The van der Waals surface area contributed by atoms with Crippen LogP contribution < -0.4 is 0 Å². The van der Waals surface area contributed by atoms with Gasteiger partial charge in [-0.05, 0) is 70.4 Å². The summed E-state index contributed by atoms with van der Waals surface area (Å²) >= 11 is 1.89. The normalized spacial score (nSPS) is 11.7. The highest BCUT2D eigenvalue weighted by molar-refractivity contribution is 7.27. The Morgan fingerprint density at radius 3 is 1.57 bits per heavy atom. The van der Waals surface area contributed by atoms with E-state index in [1.54, 1.807) is 0 Å². The molecule has 54 heavy (non-hydrogen) atoms. The fourth-order valence-electron chi connectivity index (χ4n) is 8.11. The van der Waals surface area contributed by atoms with Gasteiger partial charge in [0.15, 0.2) is 5.82 Å². The molecule has 0 unspecified atom stereocenters. The van der Waals surface area contributed by atoms with Gasteiger partial charge < -0.3 is 4.57 Å². The number of thiophene rings is 1. The van der Waals surface area contributed by atoms with Crippen molar-refractivity contribution in [3.8, 4) is 50.7 Å². The molecule has 0 bridgehead atoms. The third-order valence-electron chi connectivity index (χ3n) is 10.6. The average molecular weight is 706 g/mol. The van der Waals surface area contributed by atoms with Crippen LogP contribution in [0.3, 0.4) is 0 Å². The average Bonchev–Trinajstić information content (AvgIpc) is 3.81. The molecule has 0 aliphatic rings. The van der Waals surface area contributed by atoms with Crippen LogP contribution in [0.1, 0.15) is 0 Å². The second-order valence-corrected chi connectivity index (χ2v) is 14.8. The molecule has 11 rings (SSSR count). The molecule has 0 radical (unpaired) electrons. The Kier molecular flexibility index (Phi) is 7.04. The van der Waals surface area contributed by atoms with Gasteiger partial charge in [-0.3, -0.25) is 0 Å². The lowest BCUT2D eigenvalue weighted by Crippen LogP contribution is -1.97. The van der Waals surface area contributed by atoms with E-state index in [0.717, 1.165) is 33.8 Å². The van der Waals surface area contributed by atoms with Crippen molar-refractivity contribution in [3.05, 3.63) is 188 Å². The SMILES string of the molecule is c1ccc(-c2ccc3sc4c(c3c2)c2ccccc2c2c3ccccc3n(-c3ccc(-c5nc(-c6ccccc6)cc(-c6ccccc6)n5)cc3)c42)cc1. The summed E-state index contributed by atoms with van der Waals surface area (Å²) in [6.07, 6.45) is 0. The molecule has 0 amide bonds. The molecule has 252 valence electrons. The monoisotopic (exact) mass is 705 g/mol. The van der Waals surface area contributed by atoms with Gasteiger partial charge in [-0.15, -0.1) is 11.3 Å². The minimum absolute atomic E-state index is 0.705. The van der Waals surface area contributed by atoms with Gasteiger partial charge >= 0.3 is 0 Å². The zero-order valence-electron chi connectivity index (χ0n) is 29.1. The van der Waals surface area contributed by atoms with E-state index in [4.69, 9.17) is 9.97 Å². The third-order valence-corrected chi connectivity index (χ3v) is 11.8. The second-order valence-electron chi connectivity index (χ2n) is 13.7. The minimum Gasteiger partial charge on any atom is -0.308 e. The van der Waals surface area contributed by atoms with Crippen molar-refractivity contribution in [1.29, 1.82) is 0 Å². The molecule has 3 aromatic heterocycles. The molecule has 0 spiro atoms. The van der Waals surface area contributed by atoms with Crippen LogP contribution in [0.5, 0.6) is 0 Å². The van der Waals surface area contributed by atoms with Crippen molar-refractivity contribution in [3.63, 3.8) is 0 Å². The van der Waals surface area contributed by atoms with Gasteiger partial charge in [-0.1, -0.05) is 140 Å². The Morgan fingerprint density at radius 1 is 0.389 bits per heavy atom. The molecule has 11 aromatic rings. The summed E-state index contributed by atoms with van der Waals surface area (Å²) in [6.45, 7) is 0. The van der Waals surface area contributed by atoms with Crippen LogP contribution >= 0.6 is 11.3 Å². The van der Waals surface area contributed by atoms with E-state index in [1.807, 2.05) is 23.5 Å². The zero-order valence-corrected chi connectivity index (χ0v) is 30.0. The summed E-state index contributed by atoms with van der Waals surface area (Å²) in [7, 11) is 0. The Bertz CT molecular complexity index is 3120. The van der Waals surface area contributed by atoms with Crippen molar-refractivity contribution in [2.75, 3.05) is 0 Å². The molecular formula is C50H31N3S. The molecule has 0 fully saturated rings. The molecule has 0 saturated heterocycles. The molecule has 0 atom stereocenters. The maximum Gasteiger partial charge on any atom is 0.160 e. The van der Waals surface area contributed by atoms with Crippen LogP contribution in [0, 0.1) is 0 Å². The maximum atomic E-state index is 5.10. The van der Waals surface area contributed by atoms with Crippen molar-refractivity contribution in [2.45, 2.75) is 0 Å². The van der Waals surface area contributed by atoms with Crippen LogP contribution in [0.4, 0.5) is 0 Å². The number of nitrogens with zero attached hydrogens (tertiary/aromatic N) is 3. The van der Waals surface area contributed by atoms with Gasteiger partial charge in [-0.2, -0.15) is 0 Å². The van der Waals surface area contributed by atoms with Crippen LogP contribution in [0.15, 0.2) is 188 Å². The van der Waals surface area contributed by atoms with E-state index >= 15 is 0 Å². The van der Waals surface area contributed by atoms with E-state index in [2.05, 4.69) is 180 Å². The molecule has 3 nitrogen and oxygen atoms in total. The van der Waals surface area contributed by atoms with Crippen LogP contribution in [-0.4, -0.2) is 14.5 Å². The fourth-order valence-corrected chi connectivity index (χ4v) is 9.35. The number of benzene rings is 8. The number of hydrogen-bond acceptors (Lipinski definition) is 3. The standard InChI is InChI=1S/C50H31N3S/c1-4-14-32(15-5-1)36-26-29-45-41(30-36)47-39-21-11-10-20-38(39)46-40-22-12-13-23-44(40)53(48(46)49(47)54-45)37-27-24-35(25-28-37)50-51-42(33-16-6-2-7-17-33)31-43(52-50)34-18-8-3-9-19-34/h1-31H. The smallest absolute Gasteiger partial charge is 0.160 e. The molecule has 8 aromatic carbocycles. The number of hydrogen-bond donors (Lipinski definition) is 0. The summed E-state index contributed by atoms with van der Waals surface area (Å²) in [5, 5.41) is 7.72. The summed E-state index contributed by atoms with van der Waals surface area (Å²) < 4.78 is 5.06. The van der Waals surface area contributed by atoms with Gasteiger partial charge in [0.1, 0.15) is 0 Å². The predicted octanol–water partition coefficient (Wildman–Crippen LogP) is 13.8. The van der Waals surface area contributed by atoms with Crippen LogP contribution in [0.2, 0.25) is 0 Å². The summed E-state index contributed by atoms with van der Waals surface area (Å²) in [4.78, 5) is 10.2. The molecule has 0 N–H and O–H groups in total. The topological polar surface area (TPSA) is 30.7 Å². The zero-order chi connectivity index (χ0) is 35.6. The molecule has 0 aliphatic carbocycles. The fraction of sp³-hybridized carbons (Fsp3) is 0. The summed E-state index contributed by atoms with van der Waals surface area (Å²) in [6, 6.07) is 67.0. The van der Waals surface area contributed by atoms with Crippen molar-refractivity contribution in [2.24, 2.45) is 0 Å². The first kappa shape index (κ1) is 30.7. The van der Waals surface area contributed by atoms with Crippen molar-refractivity contribution < 1.29 is 0 Å². The lowest BCUT2D eigenvalue weighted by Gasteiger charge is -2.12. The Hall–Kier alpha value is -6.88. The number of aromatic nitrogens is 3. The summed E-state index contributed by atoms with van der Waals surface area (Å²) in [5.41, 5.74) is 10.9. The van der Waals surface area contributed by atoms with Gasteiger partial charge in [0, 0.05) is 48.6 Å². The minimum atomic E-state index is 0.705. The largest absolute Gasteiger partial charge is 0.308 e. The number of fused-ring (bicyclic) bond motifs is 10. The Morgan fingerprint density at radius 2 is 0.926 bits per heavy atom.